The van der Waals surface area contributed by atoms with Gasteiger partial charge in [0.15, 0.2) is 5.96 Å². The van der Waals surface area contributed by atoms with E-state index in [1.54, 1.807) is 0 Å². The Morgan fingerprint density at radius 2 is 2.14 bits per heavy atom. The zero-order chi connectivity index (χ0) is 15.4. The molecule has 1 aromatic heterocycles. The van der Waals surface area contributed by atoms with Crippen molar-refractivity contribution >= 4 is 11.8 Å². The van der Waals surface area contributed by atoms with Crippen LogP contribution in [0.25, 0.3) is 0 Å². The van der Waals surface area contributed by atoms with Crippen LogP contribution in [0, 0.1) is 5.92 Å². The summed E-state index contributed by atoms with van der Waals surface area (Å²) in [5.74, 6) is 3.01. The minimum atomic E-state index is 0.646. The number of anilines is 1. The molecule has 5 heteroatoms. The fraction of sp³-hybridized carbons (Fsp3) is 0.647. The highest BCUT2D eigenvalue weighted by Crippen LogP contribution is 2.34. The zero-order valence-corrected chi connectivity index (χ0v) is 13.7. The van der Waals surface area contributed by atoms with E-state index in [9.17, 15) is 0 Å². The number of nitrogens with zero attached hydrogens (tertiary/aromatic N) is 4. The molecule has 1 aliphatic heterocycles. The van der Waals surface area contributed by atoms with E-state index in [0.29, 0.717) is 6.04 Å². The summed E-state index contributed by atoms with van der Waals surface area (Å²) in [6.45, 7) is 6.27. The summed E-state index contributed by atoms with van der Waals surface area (Å²) < 4.78 is 0. The average molecular weight is 301 g/mol. The molecule has 2 atom stereocenters. The molecule has 0 bridgehead atoms. The number of rotatable bonds is 4. The van der Waals surface area contributed by atoms with Crippen LogP contribution in [-0.2, 0) is 0 Å². The maximum atomic E-state index is 4.48. The van der Waals surface area contributed by atoms with Crippen LogP contribution in [0.5, 0.6) is 0 Å². The van der Waals surface area contributed by atoms with Crippen molar-refractivity contribution in [1.29, 1.82) is 0 Å². The first-order chi connectivity index (χ1) is 10.8. The third kappa shape index (κ3) is 3.51. The third-order valence-corrected chi connectivity index (χ3v) is 4.66. The number of aromatic nitrogens is 1. The monoisotopic (exact) mass is 301 g/mol. The molecule has 120 valence electrons. The number of piperazine rings is 1. The SMILES string of the molecule is CCCC1CC1NC(=NC)N1CCN(c2ccccn2)CC1. The lowest BCUT2D eigenvalue weighted by atomic mass is 10.2. The van der Waals surface area contributed by atoms with E-state index in [1.165, 1.54) is 19.3 Å². The number of aliphatic imine (C=N–C) groups is 1. The highest BCUT2D eigenvalue weighted by atomic mass is 15.4. The van der Waals surface area contributed by atoms with Gasteiger partial charge in [-0.15, -0.1) is 0 Å². The van der Waals surface area contributed by atoms with Crippen LogP contribution in [-0.4, -0.2) is 55.1 Å². The maximum Gasteiger partial charge on any atom is 0.193 e. The van der Waals surface area contributed by atoms with E-state index in [4.69, 9.17) is 0 Å². The van der Waals surface area contributed by atoms with E-state index < -0.39 is 0 Å². The molecule has 1 saturated carbocycles. The van der Waals surface area contributed by atoms with Crippen molar-refractivity contribution < 1.29 is 0 Å². The average Bonchev–Trinajstić information content (AvgIpc) is 3.32. The van der Waals surface area contributed by atoms with E-state index >= 15 is 0 Å². The second-order valence-electron chi connectivity index (χ2n) is 6.24. The largest absolute Gasteiger partial charge is 0.353 e. The molecule has 2 fully saturated rings. The van der Waals surface area contributed by atoms with Gasteiger partial charge in [-0.05, 0) is 30.9 Å². The van der Waals surface area contributed by atoms with Crippen molar-refractivity contribution in [1.82, 2.24) is 15.2 Å². The predicted octanol–water partition coefficient (Wildman–Crippen LogP) is 1.97. The fourth-order valence-electron chi connectivity index (χ4n) is 3.27. The van der Waals surface area contributed by atoms with Gasteiger partial charge in [0, 0.05) is 45.5 Å². The molecule has 5 nitrogen and oxygen atoms in total. The summed E-state index contributed by atoms with van der Waals surface area (Å²) in [4.78, 5) is 13.6. The highest BCUT2D eigenvalue weighted by molar-refractivity contribution is 5.80. The Hall–Kier alpha value is -1.78. The standard InChI is InChI=1S/C17H27N5/c1-3-6-14-13-15(14)20-17(18-2)22-11-9-21(10-12-22)16-7-4-5-8-19-16/h4-5,7-8,14-15H,3,6,9-13H2,1-2H3,(H,18,20). The van der Waals surface area contributed by atoms with Crippen LogP contribution >= 0.6 is 0 Å². The van der Waals surface area contributed by atoms with Crippen molar-refractivity contribution in [3.63, 3.8) is 0 Å². The van der Waals surface area contributed by atoms with Crippen molar-refractivity contribution in [3.05, 3.63) is 24.4 Å². The minimum Gasteiger partial charge on any atom is -0.353 e. The van der Waals surface area contributed by atoms with Crippen LogP contribution in [0.3, 0.4) is 0 Å². The number of pyridine rings is 1. The third-order valence-electron chi connectivity index (χ3n) is 4.66. The molecular formula is C17H27N5. The molecule has 2 heterocycles. The number of hydrogen-bond acceptors (Lipinski definition) is 3. The lowest BCUT2D eigenvalue weighted by Crippen LogP contribution is -2.53. The summed E-state index contributed by atoms with van der Waals surface area (Å²) in [7, 11) is 1.89. The van der Waals surface area contributed by atoms with E-state index in [1.807, 2.05) is 19.3 Å². The molecule has 0 amide bonds. The summed E-state index contributed by atoms with van der Waals surface area (Å²) in [6, 6.07) is 6.75. The van der Waals surface area contributed by atoms with Crippen LogP contribution in [0.15, 0.2) is 29.4 Å². The normalized spacial score (nSPS) is 25.3. The lowest BCUT2D eigenvalue weighted by molar-refractivity contribution is 0.370. The van der Waals surface area contributed by atoms with Crippen molar-refractivity contribution in [2.45, 2.75) is 32.2 Å². The second-order valence-corrected chi connectivity index (χ2v) is 6.24. The molecule has 1 aromatic rings. The molecule has 22 heavy (non-hydrogen) atoms. The van der Waals surface area contributed by atoms with Gasteiger partial charge in [0.1, 0.15) is 5.82 Å². The van der Waals surface area contributed by atoms with Crippen LogP contribution < -0.4 is 10.2 Å². The Labute approximate surface area is 133 Å². The molecule has 3 rings (SSSR count). The van der Waals surface area contributed by atoms with Crippen LogP contribution in [0.4, 0.5) is 5.82 Å². The Balaban J connectivity index is 1.50. The van der Waals surface area contributed by atoms with Gasteiger partial charge in [0.05, 0.1) is 0 Å². The minimum absolute atomic E-state index is 0.646. The molecule has 1 aliphatic carbocycles. The second kappa shape index (κ2) is 6.99. The van der Waals surface area contributed by atoms with Gasteiger partial charge in [0.25, 0.3) is 0 Å². The van der Waals surface area contributed by atoms with Gasteiger partial charge < -0.3 is 15.1 Å². The van der Waals surface area contributed by atoms with Gasteiger partial charge in [-0.25, -0.2) is 4.98 Å². The van der Waals surface area contributed by atoms with Crippen molar-refractivity contribution in [2.24, 2.45) is 10.9 Å². The Bertz CT molecular complexity index is 493. The van der Waals surface area contributed by atoms with Crippen LogP contribution in [0.2, 0.25) is 0 Å². The summed E-state index contributed by atoms with van der Waals surface area (Å²) in [6.07, 6.45) is 5.79. The topological polar surface area (TPSA) is 43.8 Å². The first-order valence-corrected chi connectivity index (χ1v) is 8.46. The van der Waals surface area contributed by atoms with Gasteiger partial charge in [-0.2, -0.15) is 0 Å². The molecule has 2 unspecified atom stereocenters. The van der Waals surface area contributed by atoms with Gasteiger partial charge in [-0.3, -0.25) is 4.99 Å². The van der Waals surface area contributed by atoms with E-state index in [-0.39, 0.29) is 0 Å². The summed E-state index contributed by atoms with van der Waals surface area (Å²) in [5.41, 5.74) is 0. The van der Waals surface area contributed by atoms with Crippen molar-refractivity contribution in [3.8, 4) is 0 Å². The molecule has 1 saturated heterocycles. The van der Waals surface area contributed by atoms with Crippen LogP contribution in [0.1, 0.15) is 26.2 Å². The Morgan fingerprint density at radius 3 is 2.77 bits per heavy atom. The molecule has 0 radical (unpaired) electrons. The Morgan fingerprint density at radius 1 is 1.32 bits per heavy atom. The van der Waals surface area contributed by atoms with E-state index in [2.05, 4.69) is 44.1 Å². The predicted molar refractivity (Wildman–Crippen MR) is 91.3 cm³/mol. The Kier molecular flexibility index (Phi) is 4.80. The molecule has 2 aliphatic rings. The van der Waals surface area contributed by atoms with Gasteiger partial charge in [0.2, 0.25) is 0 Å². The smallest absolute Gasteiger partial charge is 0.193 e. The maximum absolute atomic E-state index is 4.48. The molecule has 0 spiro atoms. The number of hydrogen-bond donors (Lipinski definition) is 1. The van der Waals surface area contributed by atoms with Gasteiger partial charge >= 0.3 is 0 Å². The first kappa shape index (κ1) is 15.1. The van der Waals surface area contributed by atoms with Gasteiger partial charge in [-0.1, -0.05) is 19.4 Å². The zero-order valence-electron chi connectivity index (χ0n) is 13.7. The molecule has 1 N–H and O–H groups in total. The first-order valence-electron chi connectivity index (χ1n) is 8.46. The quantitative estimate of drug-likeness (QED) is 0.682. The number of guanidine groups is 1. The number of nitrogens with one attached hydrogen (secondary N) is 1. The van der Waals surface area contributed by atoms with E-state index in [0.717, 1.165) is 43.9 Å². The lowest BCUT2D eigenvalue weighted by Gasteiger charge is -2.37. The van der Waals surface area contributed by atoms with Crippen molar-refractivity contribution in [2.75, 3.05) is 38.1 Å². The highest BCUT2D eigenvalue weighted by Gasteiger charge is 2.37. The molecular weight excluding hydrogens is 274 g/mol. The summed E-state index contributed by atoms with van der Waals surface area (Å²) in [5, 5.41) is 3.64. The fourth-order valence-corrected chi connectivity index (χ4v) is 3.27. The molecule has 0 aromatic carbocycles. The summed E-state index contributed by atoms with van der Waals surface area (Å²) >= 11 is 0.